The van der Waals surface area contributed by atoms with Gasteiger partial charge in [-0.1, -0.05) is 36.8 Å². The lowest BCUT2D eigenvalue weighted by Gasteiger charge is -2.28. The highest BCUT2D eigenvalue weighted by Crippen LogP contribution is 2.39. The van der Waals surface area contributed by atoms with Gasteiger partial charge in [-0.3, -0.25) is 0 Å². The Balaban J connectivity index is 1.48. The van der Waals surface area contributed by atoms with Gasteiger partial charge in [0.25, 0.3) is 0 Å². The van der Waals surface area contributed by atoms with Crippen molar-refractivity contribution in [3.05, 3.63) is 46.0 Å². The summed E-state index contributed by atoms with van der Waals surface area (Å²) < 4.78 is 1.12. The number of thiazole rings is 2. The quantitative estimate of drug-likeness (QED) is 0.393. The molecule has 2 N–H and O–H groups in total. The van der Waals surface area contributed by atoms with Crippen LogP contribution in [-0.4, -0.2) is 37.8 Å². The number of nitrogens with one attached hydrogen (secondary N) is 1. The Bertz CT molecular complexity index is 1280. The van der Waals surface area contributed by atoms with Crippen LogP contribution >= 0.6 is 22.7 Å². The molecule has 0 unspecified atom stereocenters. The number of aromatic carboxylic acids is 1. The maximum atomic E-state index is 11.7. The van der Waals surface area contributed by atoms with Gasteiger partial charge < -0.3 is 15.3 Å². The third-order valence-electron chi connectivity index (χ3n) is 5.50. The van der Waals surface area contributed by atoms with Crippen molar-refractivity contribution >= 4 is 60.8 Å². The summed E-state index contributed by atoms with van der Waals surface area (Å²) in [6.07, 6.45) is 3.40. The Morgan fingerprint density at radius 2 is 2.06 bits per heavy atom. The first-order valence-corrected chi connectivity index (χ1v) is 12.2. The predicted octanol–water partition coefficient (Wildman–Crippen LogP) is 5.33. The number of carboxylic acids is 1. The molecule has 164 valence electrons. The number of hydrogen-bond donors (Lipinski definition) is 2. The summed E-state index contributed by atoms with van der Waals surface area (Å²) >= 11 is 3.02. The summed E-state index contributed by atoms with van der Waals surface area (Å²) in [6.45, 7) is 4.82. The number of nitrogens with zero attached hydrogens (tertiary/aromatic N) is 5. The molecular weight excluding hydrogens is 444 g/mol. The molecule has 8 nitrogen and oxygen atoms in total. The number of fused-ring (bicyclic) bond motifs is 2. The minimum Gasteiger partial charge on any atom is -0.476 e. The van der Waals surface area contributed by atoms with Gasteiger partial charge in [-0.25, -0.2) is 14.8 Å². The zero-order chi connectivity index (χ0) is 22.2. The van der Waals surface area contributed by atoms with Crippen molar-refractivity contribution in [2.24, 2.45) is 0 Å². The van der Waals surface area contributed by atoms with E-state index in [4.69, 9.17) is 0 Å². The zero-order valence-corrected chi connectivity index (χ0v) is 19.4. The summed E-state index contributed by atoms with van der Waals surface area (Å²) in [5.74, 6) is 0.477. The number of para-hydroxylation sites is 1. The molecule has 3 aromatic heterocycles. The summed E-state index contributed by atoms with van der Waals surface area (Å²) in [7, 11) is 0. The van der Waals surface area contributed by atoms with Crippen LogP contribution in [0.3, 0.4) is 0 Å². The first-order chi connectivity index (χ1) is 15.5. The summed E-state index contributed by atoms with van der Waals surface area (Å²) in [6, 6.07) is 8.02. The van der Waals surface area contributed by atoms with Crippen molar-refractivity contribution < 1.29 is 9.90 Å². The van der Waals surface area contributed by atoms with E-state index in [1.807, 2.05) is 43.0 Å². The van der Waals surface area contributed by atoms with Gasteiger partial charge in [0.05, 0.1) is 10.2 Å². The third kappa shape index (κ3) is 3.69. The molecule has 1 aliphatic rings. The van der Waals surface area contributed by atoms with Crippen LogP contribution in [0.25, 0.3) is 10.2 Å². The first-order valence-electron chi connectivity index (χ1n) is 10.5. The Kier molecular flexibility index (Phi) is 5.48. The minimum absolute atomic E-state index is 0.151. The highest BCUT2D eigenvalue weighted by atomic mass is 32.1. The standard InChI is InChI=1S/C22H22N6O2S2/c1-3-7-16-17(20(29)30)24-22(32-16)28-11-6-8-13-12(2)18(26-27-19(13)28)25-21-23-14-9-4-5-10-15(14)31-21/h4-5,9-10H,3,6-8,11H2,1-2H3,(H,29,30)(H,23,25,26). The molecule has 4 heterocycles. The van der Waals surface area contributed by atoms with E-state index in [0.717, 1.165) is 63.0 Å². The average molecular weight is 467 g/mol. The lowest BCUT2D eigenvalue weighted by molar-refractivity contribution is 0.0690. The smallest absolute Gasteiger partial charge is 0.355 e. The van der Waals surface area contributed by atoms with Crippen molar-refractivity contribution in [1.29, 1.82) is 0 Å². The lowest BCUT2D eigenvalue weighted by atomic mass is 10.0. The molecule has 0 bridgehead atoms. The molecule has 32 heavy (non-hydrogen) atoms. The largest absolute Gasteiger partial charge is 0.476 e. The topological polar surface area (TPSA) is 104 Å². The zero-order valence-electron chi connectivity index (χ0n) is 17.8. The van der Waals surface area contributed by atoms with Crippen LogP contribution in [0.5, 0.6) is 0 Å². The lowest BCUT2D eigenvalue weighted by Crippen LogP contribution is -2.27. The second-order valence-corrected chi connectivity index (χ2v) is 9.76. The fraction of sp³-hybridized carbons (Fsp3) is 0.318. The molecule has 1 aromatic carbocycles. The first kappa shape index (κ1) is 20.8. The summed E-state index contributed by atoms with van der Waals surface area (Å²) in [5.41, 5.74) is 3.25. The van der Waals surface area contributed by atoms with E-state index in [1.54, 1.807) is 11.3 Å². The van der Waals surface area contributed by atoms with E-state index in [9.17, 15) is 9.90 Å². The van der Waals surface area contributed by atoms with Crippen LogP contribution in [0.2, 0.25) is 0 Å². The van der Waals surface area contributed by atoms with Gasteiger partial charge in [-0.05, 0) is 38.3 Å². The second-order valence-electron chi connectivity index (χ2n) is 7.67. The average Bonchev–Trinajstić information content (AvgIpc) is 3.39. The Morgan fingerprint density at radius 1 is 1.22 bits per heavy atom. The van der Waals surface area contributed by atoms with Crippen molar-refractivity contribution in [1.82, 2.24) is 20.2 Å². The van der Waals surface area contributed by atoms with Crippen molar-refractivity contribution in [2.75, 3.05) is 16.8 Å². The summed E-state index contributed by atoms with van der Waals surface area (Å²) in [5, 5.41) is 23.3. The van der Waals surface area contributed by atoms with E-state index < -0.39 is 5.97 Å². The van der Waals surface area contributed by atoms with Gasteiger partial charge in [0.15, 0.2) is 27.6 Å². The molecule has 0 aliphatic carbocycles. The SMILES string of the molecule is CCCc1sc(N2CCCc3c2nnc(Nc2nc4ccccc4s2)c3C)nc1C(=O)O. The van der Waals surface area contributed by atoms with Crippen molar-refractivity contribution in [3.63, 3.8) is 0 Å². The molecule has 10 heteroatoms. The fourth-order valence-electron chi connectivity index (χ4n) is 3.93. The van der Waals surface area contributed by atoms with E-state index in [0.29, 0.717) is 17.4 Å². The van der Waals surface area contributed by atoms with Crippen LogP contribution < -0.4 is 10.2 Å². The van der Waals surface area contributed by atoms with Gasteiger partial charge in [0.1, 0.15) is 0 Å². The van der Waals surface area contributed by atoms with Crippen LogP contribution in [0.1, 0.15) is 46.3 Å². The van der Waals surface area contributed by atoms with Gasteiger partial charge in [-0.15, -0.1) is 21.5 Å². The Morgan fingerprint density at radius 3 is 2.84 bits per heavy atom. The highest BCUT2D eigenvalue weighted by molar-refractivity contribution is 7.22. The van der Waals surface area contributed by atoms with Crippen molar-refractivity contribution in [3.8, 4) is 0 Å². The van der Waals surface area contributed by atoms with E-state index in [2.05, 4.69) is 25.5 Å². The van der Waals surface area contributed by atoms with Crippen LogP contribution in [-0.2, 0) is 12.8 Å². The van der Waals surface area contributed by atoms with Crippen LogP contribution in [0.15, 0.2) is 24.3 Å². The molecule has 0 fully saturated rings. The molecule has 0 radical (unpaired) electrons. The monoisotopic (exact) mass is 466 g/mol. The van der Waals surface area contributed by atoms with Gasteiger partial charge in [0.2, 0.25) is 0 Å². The number of aromatic nitrogens is 4. The molecular formula is C22H22N6O2S2. The molecule has 0 saturated heterocycles. The van der Waals surface area contributed by atoms with Crippen LogP contribution in [0, 0.1) is 6.92 Å². The highest BCUT2D eigenvalue weighted by Gasteiger charge is 2.28. The second kappa shape index (κ2) is 8.44. The number of carboxylic acid groups (broad SMARTS) is 1. The predicted molar refractivity (Wildman–Crippen MR) is 128 cm³/mol. The number of aryl methyl sites for hydroxylation is 1. The molecule has 0 atom stereocenters. The maximum absolute atomic E-state index is 11.7. The summed E-state index contributed by atoms with van der Waals surface area (Å²) in [4.78, 5) is 23.6. The normalized spacial score (nSPS) is 13.4. The molecule has 5 rings (SSSR count). The van der Waals surface area contributed by atoms with Gasteiger partial charge >= 0.3 is 5.97 Å². The Hall–Kier alpha value is -3.11. The van der Waals surface area contributed by atoms with E-state index in [-0.39, 0.29) is 5.69 Å². The molecule has 0 saturated carbocycles. The molecule has 0 spiro atoms. The third-order valence-corrected chi connectivity index (χ3v) is 7.59. The number of benzene rings is 1. The number of anilines is 4. The number of rotatable bonds is 6. The van der Waals surface area contributed by atoms with Crippen LogP contribution in [0.4, 0.5) is 21.9 Å². The minimum atomic E-state index is -0.981. The van der Waals surface area contributed by atoms with E-state index >= 15 is 0 Å². The number of carbonyl (C=O) groups is 1. The van der Waals surface area contributed by atoms with E-state index in [1.165, 1.54) is 11.3 Å². The molecule has 4 aromatic rings. The van der Waals surface area contributed by atoms with Crippen molar-refractivity contribution in [2.45, 2.75) is 39.5 Å². The Labute approximate surface area is 193 Å². The maximum Gasteiger partial charge on any atom is 0.355 e. The van der Waals surface area contributed by atoms with Gasteiger partial charge in [-0.2, -0.15) is 0 Å². The molecule has 0 amide bonds. The fourth-order valence-corrected chi connectivity index (χ4v) is 5.98. The number of hydrogen-bond acceptors (Lipinski definition) is 9. The van der Waals surface area contributed by atoms with Gasteiger partial charge in [0, 0.05) is 22.5 Å². The molecule has 1 aliphatic heterocycles.